The molecule has 2 atom stereocenters. The van der Waals surface area contributed by atoms with E-state index in [-0.39, 0.29) is 11.7 Å². The van der Waals surface area contributed by atoms with Gasteiger partial charge in [0, 0.05) is 23.8 Å². The second-order valence-corrected chi connectivity index (χ2v) is 7.52. The van der Waals surface area contributed by atoms with E-state index in [9.17, 15) is 13.2 Å². The number of sulfone groups is 1. The Morgan fingerprint density at radius 2 is 2.24 bits per heavy atom. The maximum Gasteiger partial charge on any atom is 0.322 e. The van der Waals surface area contributed by atoms with E-state index in [0.717, 1.165) is 5.75 Å². The summed E-state index contributed by atoms with van der Waals surface area (Å²) >= 11 is 1.61. The lowest BCUT2D eigenvalue weighted by Gasteiger charge is -2.37. The standard InChI is InChI=1S/C10H19NO4S2/c1-4-17(13,14)9-7-16-6-5-11(9)8(2)10(12)15-3/h8-9H,4-7H2,1-3H3. The Labute approximate surface area is 107 Å². The first-order chi connectivity index (χ1) is 7.94. The number of rotatable bonds is 4. The second-order valence-electron chi connectivity index (χ2n) is 3.92. The molecule has 1 rings (SSSR count). The quantitative estimate of drug-likeness (QED) is 0.693. The summed E-state index contributed by atoms with van der Waals surface area (Å²) in [6.45, 7) is 3.93. The molecule has 0 saturated carbocycles. The fraction of sp³-hybridized carbons (Fsp3) is 0.900. The summed E-state index contributed by atoms with van der Waals surface area (Å²) in [5, 5.41) is -0.569. The molecule has 2 unspecified atom stereocenters. The van der Waals surface area contributed by atoms with Gasteiger partial charge in [-0.25, -0.2) is 8.42 Å². The maximum absolute atomic E-state index is 12.0. The molecule has 0 bridgehead atoms. The maximum atomic E-state index is 12.0. The van der Waals surface area contributed by atoms with Crippen LogP contribution in [0.1, 0.15) is 13.8 Å². The van der Waals surface area contributed by atoms with Crippen molar-refractivity contribution in [1.29, 1.82) is 0 Å². The number of thioether (sulfide) groups is 1. The van der Waals surface area contributed by atoms with Crippen molar-refractivity contribution in [2.75, 3.05) is 30.9 Å². The lowest BCUT2D eigenvalue weighted by molar-refractivity contribution is -0.146. The zero-order chi connectivity index (χ0) is 13.1. The van der Waals surface area contributed by atoms with Crippen LogP contribution >= 0.6 is 11.8 Å². The predicted octanol–water partition coefficient (Wildman–Crippen LogP) is 0.357. The smallest absolute Gasteiger partial charge is 0.322 e. The molecule has 7 heteroatoms. The molecule has 1 heterocycles. The average molecular weight is 281 g/mol. The molecular formula is C10H19NO4S2. The Morgan fingerprint density at radius 3 is 2.76 bits per heavy atom. The van der Waals surface area contributed by atoms with E-state index in [0.29, 0.717) is 12.3 Å². The molecule has 1 fully saturated rings. The van der Waals surface area contributed by atoms with E-state index in [1.165, 1.54) is 7.11 Å². The van der Waals surface area contributed by atoms with Gasteiger partial charge in [-0.15, -0.1) is 0 Å². The highest BCUT2D eigenvalue weighted by atomic mass is 32.2. The molecule has 0 aromatic rings. The normalized spacial score (nSPS) is 24.3. The van der Waals surface area contributed by atoms with Crippen LogP contribution in [-0.4, -0.2) is 61.6 Å². The zero-order valence-electron chi connectivity index (χ0n) is 10.4. The molecule has 0 aromatic carbocycles. The molecule has 0 amide bonds. The molecule has 1 saturated heterocycles. The van der Waals surface area contributed by atoms with E-state index < -0.39 is 21.3 Å². The van der Waals surface area contributed by atoms with Gasteiger partial charge in [0.05, 0.1) is 7.11 Å². The second kappa shape index (κ2) is 6.06. The highest BCUT2D eigenvalue weighted by Crippen LogP contribution is 2.23. The molecule has 5 nitrogen and oxygen atoms in total. The van der Waals surface area contributed by atoms with Gasteiger partial charge in [-0.1, -0.05) is 6.92 Å². The number of methoxy groups -OCH3 is 1. The van der Waals surface area contributed by atoms with Crippen molar-refractivity contribution in [2.24, 2.45) is 0 Å². The Morgan fingerprint density at radius 1 is 1.59 bits per heavy atom. The monoisotopic (exact) mass is 281 g/mol. The molecule has 0 radical (unpaired) electrons. The molecule has 0 N–H and O–H groups in total. The van der Waals surface area contributed by atoms with E-state index in [2.05, 4.69) is 4.74 Å². The first-order valence-electron chi connectivity index (χ1n) is 5.57. The Hall–Kier alpha value is -0.270. The lowest BCUT2D eigenvalue weighted by atomic mass is 10.3. The first kappa shape index (κ1) is 14.8. The van der Waals surface area contributed by atoms with Crippen molar-refractivity contribution in [3.05, 3.63) is 0 Å². The summed E-state index contributed by atoms with van der Waals surface area (Å²) in [6, 6.07) is -0.507. The summed E-state index contributed by atoms with van der Waals surface area (Å²) in [5.74, 6) is 1.09. The van der Waals surface area contributed by atoms with Crippen molar-refractivity contribution >= 4 is 27.6 Å². The molecule has 1 aliphatic rings. The van der Waals surface area contributed by atoms with E-state index in [4.69, 9.17) is 0 Å². The largest absolute Gasteiger partial charge is 0.468 e. The van der Waals surface area contributed by atoms with Crippen molar-refractivity contribution < 1.29 is 17.9 Å². The number of hydrogen-bond donors (Lipinski definition) is 0. The summed E-state index contributed by atoms with van der Waals surface area (Å²) < 4.78 is 28.6. The van der Waals surface area contributed by atoms with Crippen LogP contribution in [0, 0.1) is 0 Å². The summed E-state index contributed by atoms with van der Waals surface area (Å²) in [5.41, 5.74) is 0. The summed E-state index contributed by atoms with van der Waals surface area (Å²) in [7, 11) is -1.84. The highest BCUT2D eigenvalue weighted by Gasteiger charge is 2.37. The Kier molecular flexibility index (Phi) is 5.27. The van der Waals surface area contributed by atoms with Gasteiger partial charge in [0.25, 0.3) is 0 Å². The minimum Gasteiger partial charge on any atom is -0.468 e. The number of nitrogens with zero attached hydrogens (tertiary/aromatic N) is 1. The lowest BCUT2D eigenvalue weighted by Crippen LogP contribution is -2.54. The van der Waals surface area contributed by atoms with Crippen LogP contribution in [0.3, 0.4) is 0 Å². The van der Waals surface area contributed by atoms with Crippen LogP contribution in [0.25, 0.3) is 0 Å². The molecular weight excluding hydrogens is 262 g/mol. The van der Waals surface area contributed by atoms with E-state index in [1.54, 1.807) is 30.5 Å². The summed E-state index contributed by atoms with van der Waals surface area (Å²) in [6.07, 6.45) is 0. The molecule has 0 aliphatic carbocycles. The van der Waals surface area contributed by atoms with Crippen LogP contribution in [0.2, 0.25) is 0 Å². The van der Waals surface area contributed by atoms with Crippen LogP contribution in [-0.2, 0) is 19.4 Å². The van der Waals surface area contributed by atoms with Gasteiger partial charge in [-0.05, 0) is 6.92 Å². The van der Waals surface area contributed by atoms with Crippen molar-refractivity contribution in [1.82, 2.24) is 4.90 Å². The van der Waals surface area contributed by atoms with Gasteiger partial charge in [0.1, 0.15) is 11.4 Å². The molecule has 1 aliphatic heterocycles. The van der Waals surface area contributed by atoms with Crippen molar-refractivity contribution in [3.8, 4) is 0 Å². The number of hydrogen-bond acceptors (Lipinski definition) is 6. The van der Waals surface area contributed by atoms with Crippen LogP contribution < -0.4 is 0 Å². The Balaban J connectivity index is 2.90. The van der Waals surface area contributed by atoms with Crippen LogP contribution in [0.5, 0.6) is 0 Å². The molecule has 100 valence electrons. The zero-order valence-corrected chi connectivity index (χ0v) is 12.0. The fourth-order valence-corrected chi connectivity index (χ4v) is 4.95. The third kappa shape index (κ3) is 3.35. The third-order valence-corrected chi connectivity index (χ3v) is 6.29. The molecule has 0 spiro atoms. The van der Waals surface area contributed by atoms with Crippen molar-refractivity contribution in [3.63, 3.8) is 0 Å². The van der Waals surface area contributed by atoms with E-state index >= 15 is 0 Å². The number of carbonyl (C=O) groups is 1. The molecule has 0 aromatic heterocycles. The fourth-order valence-electron chi connectivity index (χ4n) is 1.85. The predicted molar refractivity (Wildman–Crippen MR) is 68.8 cm³/mol. The van der Waals surface area contributed by atoms with Gasteiger partial charge in [0.15, 0.2) is 9.84 Å². The summed E-state index contributed by atoms with van der Waals surface area (Å²) in [4.78, 5) is 13.2. The third-order valence-electron chi connectivity index (χ3n) is 2.98. The number of ether oxygens (including phenoxy) is 1. The van der Waals surface area contributed by atoms with Gasteiger partial charge in [0.2, 0.25) is 0 Å². The first-order valence-corrected chi connectivity index (χ1v) is 8.44. The van der Waals surface area contributed by atoms with Gasteiger partial charge < -0.3 is 4.74 Å². The van der Waals surface area contributed by atoms with Crippen molar-refractivity contribution in [2.45, 2.75) is 25.3 Å². The average Bonchev–Trinajstić information content (AvgIpc) is 2.36. The minimum atomic E-state index is -3.16. The van der Waals surface area contributed by atoms with Crippen LogP contribution in [0.4, 0.5) is 0 Å². The topological polar surface area (TPSA) is 63.7 Å². The number of carbonyl (C=O) groups excluding carboxylic acids is 1. The minimum absolute atomic E-state index is 0.0998. The molecule has 17 heavy (non-hydrogen) atoms. The number of esters is 1. The van der Waals surface area contributed by atoms with Gasteiger partial charge in [-0.3, -0.25) is 9.69 Å². The van der Waals surface area contributed by atoms with Crippen LogP contribution in [0.15, 0.2) is 0 Å². The van der Waals surface area contributed by atoms with Gasteiger partial charge >= 0.3 is 5.97 Å². The van der Waals surface area contributed by atoms with Gasteiger partial charge in [-0.2, -0.15) is 11.8 Å². The SMILES string of the molecule is CCS(=O)(=O)C1CSCCN1C(C)C(=O)OC. The highest BCUT2D eigenvalue weighted by molar-refractivity contribution is 8.01. The van der Waals surface area contributed by atoms with E-state index in [1.807, 2.05) is 0 Å². The Bertz CT molecular complexity index is 369.